The van der Waals surface area contributed by atoms with E-state index in [1.165, 1.54) is 5.56 Å². The van der Waals surface area contributed by atoms with Crippen molar-refractivity contribution in [3.05, 3.63) is 17.1 Å². The second kappa shape index (κ2) is 6.84. The average molecular weight is 253 g/mol. The normalized spacial score (nSPS) is 10.9. The first-order valence-electron chi connectivity index (χ1n) is 6.30. The Balaban J connectivity index is 2.94. The minimum absolute atomic E-state index is 0.618. The molecule has 1 N–H and O–H groups in total. The number of hydrogen-bond donors (Lipinski definition) is 1. The maximum Gasteiger partial charge on any atom is 0.140 e. The van der Waals surface area contributed by atoms with E-state index in [-0.39, 0.29) is 0 Å². The first kappa shape index (κ1) is 14.3. The molecule has 0 atom stereocenters. The van der Waals surface area contributed by atoms with E-state index < -0.39 is 0 Å². The van der Waals surface area contributed by atoms with Crippen LogP contribution in [0.2, 0.25) is 0 Å². The maximum absolute atomic E-state index is 4.63. The van der Waals surface area contributed by atoms with E-state index in [4.69, 9.17) is 0 Å². The Hall–Kier alpha value is -0.770. The fourth-order valence-electron chi connectivity index (χ4n) is 1.60. The van der Waals surface area contributed by atoms with Gasteiger partial charge < -0.3 is 5.32 Å². The fourth-order valence-corrected chi connectivity index (χ4v) is 2.22. The minimum Gasteiger partial charge on any atom is -0.370 e. The fraction of sp³-hybridized carbons (Fsp3) is 0.692. The van der Waals surface area contributed by atoms with Gasteiger partial charge in [0.15, 0.2) is 0 Å². The van der Waals surface area contributed by atoms with Crippen molar-refractivity contribution in [2.24, 2.45) is 0 Å². The standard InChI is InChI=1S/C13H23N3S/c1-6-11-10(5)13(14-7-2)16-12(15-11)8-17-9(3)4/h9H,6-8H2,1-5H3,(H,14,15,16). The van der Waals surface area contributed by atoms with E-state index in [0.29, 0.717) is 5.25 Å². The lowest BCUT2D eigenvalue weighted by atomic mass is 10.2. The quantitative estimate of drug-likeness (QED) is 0.843. The van der Waals surface area contributed by atoms with E-state index in [9.17, 15) is 0 Å². The molecule has 96 valence electrons. The molecule has 0 saturated carbocycles. The topological polar surface area (TPSA) is 37.8 Å². The van der Waals surface area contributed by atoms with Crippen LogP contribution in [0.25, 0.3) is 0 Å². The second-order valence-corrected chi connectivity index (χ2v) is 5.87. The molecule has 0 radical (unpaired) electrons. The average Bonchev–Trinajstić information content (AvgIpc) is 2.30. The minimum atomic E-state index is 0.618. The monoisotopic (exact) mass is 253 g/mol. The lowest BCUT2D eigenvalue weighted by molar-refractivity contribution is 0.913. The SMILES string of the molecule is CCNc1nc(CSC(C)C)nc(CC)c1C. The van der Waals surface area contributed by atoms with E-state index >= 15 is 0 Å². The number of aryl methyl sites for hydroxylation is 1. The Morgan fingerprint density at radius 3 is 2.47 bits per heavy atom. The molecule has 17 heavy (non-hydrogen) atoms. The summed E-state index contributed by atoms with van der Waals surface area (Å²) in [5.74, 6) is 2.84. The molecule has 1 aromatic heterocycles. The molecule has 1 heterocycles. The van der Waals surface area contributed by atoms with Crippen molar-refractivity contribution in [2.45, 2.75) is 52.0 Å². The van der Waals surface area contributed by atoms with Crippen LogP contribution in [0.4, 0.5) is 5.82 Å². The third kappa shape index (κ3) is 4.19. The number of anilines is 1. The van der Waals surface area contributed by atoms with Crippen LogP contribution in [0.15, 0.2) is 0 Å². The zero-order chi connectivity index (χ0) is 12.8. The van der Waals surface area contributed by atoms with Crippen LogP contribution in [0.3, 0.4) is 0 Å². The van der Waals surface area contributed by atoms with E-state index in [1.54, 1.807) is 0 Å². The van der Waals surface area contributed by atoms with Crippen LogP contribution < -0.4 is 5.32 Å². The highest BCUT2D eigenvalue weighted by atomic mass is 32.2. The molecule has 0 unspecified atom stereocenters. The van der Waals surface area contributed by atoms with Crippen LogP contribution in [0.5, 0.6) is 0 Å². The van der Waals surface area contributed by atoms with Gasteiger partial charge >= 0.3 is 0 Å². The first-order chi connectivity index (χ1) is 8.08. The van der Waals surface area contributed by atoms with E-state index in [1.807, 2.05) is 11.8 Å². The van der Waals surface area contributed by atoms with Crippen molar-refractivity contribution >= 4 is 17.6 Å². The van der Waals surface area contributed by atoms with Crippen molar-refractivity contribution < 1.29 is 0 Å². The number of hydrogen-bond acceptors (Lipinski definition) is 4. The molecule has 0 aliphatic heterocycles. The van der Waals surface area contributed by atoms with Gasteiger partial charge in [-0.25, -0.2) is 9.97 Å². The van der Waals surface area contributed by atoms with Gasteiger partial charge in [-0.3, -0.25) is 0 Å². The van der Waals surface area contributed by atoms with Gasteiger partial charge in [-0.2, -0.15) is 11.8 Å². The lowest BCUT2D eigenvalue weighted by Crippen LogP contribution is -2.09. The number of nitrogens with one attached hydrogen (secondary N) is 1. The van der Waals surface area contributed by atoms with Crippen molar-refractivity contribution in [1.82, 2.24) is 9.97 Å². The number of thioether (sulfide) groups is 1. The summed E-state index contributed by atoms with van der Waals surface area (Å²) in [5, 5.41) is 3.94. The molecule has 1 rings (SSSR count). The summed E-state index contributed by atoms with van der Waals surface area (Å²) in [5.41, 5.74) is 2.35. The van der Waals surface area contributed by atoms with Gasteiger partial charge in [0.1, 0.15) is 11.6 Å². The Morgan fingerprint density at radius 1 is 1.24 bits per heavy atom. The number of rotatable bonds is 6. The van der Waals surface area contributed by atoms with E-state index in [0.717, 1.165) is 36.1 Å². The molecule has 0 aliphatic carbocycles. The summed E-state index contributed by atoms with van der Waals surface area (Å²) >= 11 is 1.88. The smallest absolute Gasteiger partial charge is 0.140 e. The van der Waals surface area contributed by atoms with E-state index in [2.05, 4.69) is 49.9 Å². The Bertz CT molecular complexity index is 364. The van der Waals surface area contributed by atoms with Crippen LogP contribution in [-0.4, -0.2) is 21.8 Å². The zero-order valence-corrected chi connectivity index (χ0v) is 12.3. The molecule has 0 amide bonds. The van der Waals surface area contributed by atoms with Crippen LogP contribution >= 0.6 is 11.8 Å². The van der Waals surface area contributed by atoms with Gasteiger partial charge in [0, 0.05) is 17.8 Å². The molecule has 0 bridgehead atoms. The van der Waals surface area contributed by atoms with Gasteiger partial charge in [0.25, 0.3) is 0 Å². The van der Waals surface area contributed by atoms with Crippen molar-refractivity contribution in [3.63, 3.8) is 0 Å². The molecule has 0 fully saturated rings. The molecule has 0 aliphatic rings. The Labute approximate surface area is 109 Å². The van der Waals surface area contributed by atoms with Crippen molar-refractivity contribution in [3.8, 4) is 0 Å². The number of aromatic nitrogens is 2. The molecule has 4 heteroatoms. The van der Waals surface area contributed by atoms with Gasteiger partial charge in [-0.1, -0.05) is 20.8 Å². The molecule has 0 aromatic carbocycles. The first-order valence-corrected chi connectivity index (χ1v) is 7.35. The van der Waals surface area contributed by atoms with Gasteiger partial charge in [0.2, 0.25) is 0 Å². The summed E-state index contributed by atoms with van der Waals surface area (Å²) in [6, 6.07) is 0. The maximum atomic E-state index is 4.63. The summed E-state index contributed by atoms with van der Waals surface area (Å²) in [4.78, 5) is 9.23. The third-order valence-corrected chi connectivity index (χ3v) is 3.61. The second-order valence-electron chi connectivity index (χ2n) is 4.30. The molecular formula is C13H23N3S. The molecular weight excluding hydrogens is 230 g/mol. The van der Waals surface area contributed by atoms with Gasteiger partial charge in [-0.05, 0) is 25.5 Å². The van der Waals surface area contributed by atoms with Crippen LogP contribution in [0, 0.1) is 6.92 Å². The highest BCUT2D eigenvalue weighted by molar-refractivity contribution is 7.99. The van der Waals surface area contributed by atoms with Gasteiger partial charge in [-0.15, -0.1) is 0 Å². The molecule has 0 saturated heterocycles. The summed E-state index contributed by atoms with van der Waals surface area (Å²) < 4.78 is 0. The third-order valence-electron chi connectivity index (χ3n) is 2.52. The predicted octanol–water partition coefficient (Wildman–Crippen LogP) is 3.42. The Morgan fingerprint density at radius 2 is 1.94 bits per heavy atom. The molecule has 0 spiro atoms. The van der Waals surface area contributed by atoms with Crippen molar-refractivity contribution in [1.29, 1.82) is 0 Å². The summed E-state index contributed by atoms with van der Waals surface area (Å²) in [6.45, 7) is 11.6. The lowest BCUT2D eigenvalue weighted by Gasteiger charge is -2.12. The predicted molar refractivity (Wildman–Crippen MR) is 76.7 cm³/mol. The molecule has 3 nitrogen and oxygen atoms in total. The summed E-state index contributed by atoms with van der Waals surface area (Å²) in [6.07, 6.45) is 0.964. The number of nitrogens with zero attached hydrogens (tertiary/aromatic N) is 2. The van der Waals surface area contributed by atoms with Crippen LogP contribution in [0.1, 0.15) is 44.8 Å². The zero-order valence-electron chi connectivity index (χ0n) is 11.5. The highest BCUT2D eigenvalue weighted by Crippen LogP contribution is 2.20. The highest BCUT2D eigenvalue weighted by Gasteiger charge is 2.09. The Kier molecular flexibility index (Phi) is 5.75. The van der Waals surface area contributed by atoms with Gasteiger partial charge in [0.05, 0.1) is 5.75 Å². The van der Waals surface area contributed by atoms with Crippen LogP contribution in [-0.2, 0) is 12.2 Å². The largest absolute Gasteiger partial charge is 0.370 e. The van der Waals surface area contributed by atoms with Crippen molar-refractivity contribution in [2.75, 3.05) is 11.9 Å². The molecule has 1 aromatic rings. The summed E-state index contributed by atoms with van der Waals surface area (Å²) in [7, 11) is 0.